The molecule has 1 heterocycles. The first-order chi connectivity index (χ1) is 4.33. The molecule has 1 unspecified atom stereocenters. The first kappa shape index (κ1) is 6.78. The largest absolute Gasteiger partial charge is 0.394 e. The first-order valence-electron chi connectivity index (χ1n) is 3.21. The van der Waals surface area contributed by atoms with E-state index in [0.717, 1.165) is 6.42 Å². The molecule has 0 bridgehead atoms. The highest BCUT2D eigenvalue weighted by Crippen LogP contribution is 2.12. The summed E-state index contributed by atoms with van der Waals surface area (Å²) in [6, 6.07) is 0. The summed E-state index contributed by atoms with van der Waals surface area (Å²) in [7, 11) is 0. The molecule has 0 spiro atoms. The Morgan fingerprint density at radius 3 is 3.11 bits per heavy atom. The second-order valence-corrected chi connectivity index (χ2v) is 2.39. The van der Waals surface area contributed by atoms with Crippen LogP contribution in [0.1, 0.15) is 13.3 Å². The van der Waals surface area contributed by atoms with Crippen LogP contribution in [-0.2, 0) is 4.74 Å². The van der Waals surface area contributed by atoms with Gasteiger partial charge in [0.1, 0.15) is 0 Å². The van der Waals surface area contributed by atoms with Gasteiger partial charge in [0.05, 0.1) is 19.3 Å². The Bertz CT molecular complexity index is 118. The van der Waals surface area contributed by atoms with Crippen molar-refractivity contribution in [3.05, 3.63) is 11.6 Å². The lowest BCUT2D eigenvalue weighted by Crippen LogP contribution is -2.21. The Hall–Kier alpha value is -0.340. The first-order valence-corrected chi connectivity index (χ1v) is 3.21. The Kier molecular flexibility index (Phi) is 2.25. The number of hydrogen-bond acceptors (Lipinski definition) is 2. The summed E-state index contributed by atoms with van der Waals surface area (Å²) < 4.78 is 5.17. The van der Waals surface area contributed by atoms with Crippen LogP contribution in [0.5, 0.6) is 0 Å². The predicted molar refractivity (Wildman–Crippen MR) is 35.2 cm³/mol. The third-order valence-electron chi connectivity index (χ3n) is 1.52. The highest BCUT2D eigenvalue weighted by atomic mass is 16.5. The molecule has 0 saturated heterocycles. The SMILES string of the molecule is CC1=CCOC(CO)C1. The third kappa shape index (κ3) is 1.80. The van der Waals surface area contributed by atoms with Gasteiger partial charge in [-0.2, -0.15) is 0 Å². The molecule has 52 valence electrons. The molecule has 1 aliphatic heterocycles. The van der Waals surface area contributed by atoms with Gasteiger partial charge in [-0.15, -0.1) is 0 Å². The van der Waals surface area contributed by atoms with Gasteiger partial charge in [0.25, 0.3) is 0 Å². The van der Waals surface area contributed by atoms with Crippen LogP contribution in [0.15, 0.2) is 11.6 Å². The van der Waals surface area contributed by atoms with Crippen molar-refractivity contribution in [2.24, 2.45) is 0 Å². The van der Waals surface area contributed by atoms with Gasteiger partial charge < -0.3 is 9.84 Å². The van der Waals surface area contributed by atoms with Gasteiger partial charge in [0.2, 0.25) is 0 Å². The Balaban J connectivity index is 2.39. The van der Waals surface area contributed by atoms with Crippen molar-refractivity contribution in [2.45, 2.75) is 19.4 Å². The summed E-state index contributed by atoms with van der Waals surface area (Å²) in [4.78, 5) is 0. The van der Waals surface area contributed by atoms with Crippen molar-refractivity contribution >= 4 is 0 Å². The minimum atomic E-state index is 0.0509. The van der Waals surface area contributed by atoms with E-state index in [1.807, 2.05) is 6.08 Å². The molecule has 0 aromatic rings. The zero-order valence-corrected chi connectivity index (χ0v) is 5.63. The average molecular weight is 128 g/mol. The lowest BCUT2D eigenvalue weighted by molar-refractivity contribution is 0.0211. The van der Waals surface area contributed by atoms with E-state index >= 15 is 0 Å². The summed E-state index contributed by atoms with van der Waals surface area (Å²) in [5.74, 6) is 0. The van der Waals surface area contributed by atoms with Crippen LogP contribution in [0.2, 0.25) is 0 Å². The molecular weight excluding hydrogens is 116 g/mol. The summed E-state index contributed by atoms with van der Waals surface area (Å²) in [6.07, 6.45) is 2.98. The quantitative estimate of drug-likeness (QED) is 0.527. The lowest BCUT2D eigenvalue weighted by atomic mass is 10.1. The van der Waals surface area contributed by atoms with Gasteiger partial charge >= 0.3 is 0 Å². The van der Waals surface area contributed by atoms with Crippen molar-refractivity contribution in [3.63, 3.8) is 0 Å². The average Bonchev–Trinajstić information content (AvgIpc) is 1.88. The highest BCUT2D eigenvalue weighted by molar-refractivity contribution is 5.02. The normalized spacial score (nSPS) is 27.8. The van der Waals surface area contributed by atoms with Gasteiger partial charge in [0.15, 0.2) is 0 Å². The molecule has 2 heteroatoms. The maximum atomic E-state index is 8.66. The van der Waals surface area contributed by atoms with E-state index in [4.69, 9.17) is 9.84 Å². The molecular formula is C7H12O2. The maximum absolute atomic E-state index is 8.66. The molecule has 1 N–H and O–H groups in total. The molecule has 9 heavy (non-hydrogen) atoms. The van der Waals surface area contributed by atoms with Gasteiger partial charge in [-0.25, -0.2) is 0 Å². The molecule has 1 atom stereocenters. The van der Waals surface area contributed by atoms with Crippen LogP contribution in [-0.4, -0.2) is 24.4 Å². The Labute approximate surface area is 55.1 Å². The molecule has 1 aliphatic rings. The standard InChI is InChI=1S/C7H12O2/c1-6-2-3-9-7(4-6)5-8/h2,7-8H,3-5H2,1H3. The van der Waals surface area contributed by atoms with Crippen molar-refractivity contribution in [1.82, 2.24) is 0 Å². The number of aliphatic hydroxyl groups excluding tert-OH is 1. The number of hydrogen-bond donors (Lipinski definition) is 1. The highest BCUT2D eigenvalue weighted by Gasteiger charge is 2.11. The van der Waals surface area contributed by atoms with E-state index in [1.54, 1.807) is 0 Å². The van der Waals surface area contributed by atoms with Crippen LogP contribution >= 0.6 is 0 Å². The van der Waals surface area contributed by atoms with E-state index in [1.165, 1.54) is 5.57 Å². The molecule has 0 aromatic carbocycles. The second kappa shape index (κ2) is 2.99. The topological polar surface area (TPSA) is 29.5 Å². The molecule has 2 nitrogen and oxygen atoms in total. The van der Waals surface area contributed by atoms with Gasteiger partial charge in [-0.05, 0) is 13.3 Å². The minimum absolute atomic E-state index is 0.0509. The van der Waals surface area contributed by atoms with Crippen LogP contribution in [0.4, 0.5) is 0 Å². The number of aliphatic hydroxyl groups is 1. The van der Waals surface area contributed by atoms with E-state index in [-0.39, 0.29) is 12.7 Å². The van der Waals surface area contributed by atoms with E-state index in [0.29, 0.717) is 6.61 Å². The summed E-state index contributed by atoms with van der Waals surface area (Å²) in [6.45, 7) is 2.87. The molecule has 1 rings (SSSR count). The predicted octanol–water partition coefficient (Wildman–Crippen LogP) is 0.714. The fourth-order valence-electron chi connectivity index (χ4n) is 0.945. The number of ether oxygens (including phenoxy) is 1. The molecule has 0 aromatic heterocycles. The van der Waals surface area contributed by atoms with Crippen molar-refractivity contribution in [2.75, 3.05) is 13.2 Å². The smallest absolute Gasteiger partial charge is 0.0846 e. The molecule has 0 radical (unpaired) electrons. The third-order valence-corrected chi connectivity index (χ3v) is 1.52. The van der Waals surface area contributed by atoms with Crippen LogP contribution in [0, 0.1) is 0 Å². The van der Waals surface area contributed by atoms with Crippen molar-refractivity contribution in [3.8, 4) is 0 Å². The lowest BCUT2D eigenvalue weighted by Gasteiger charge is -2.19. The fraction of sp³-hybridized carbons (Fsp3) is 0.714. The van der Waals surface area contributed by atoms with Gasteiger partial charge in [-0.1, -0.05) is 11.6 Å². The van der Waals surface area contributed by atoms with Crippen LogP contribution in [0.3, 0.4) is 0 Å². The fourth-order valence-corrected chi connectivity index (χ4v) is 0.945. The van der Waals surface area contributed by atoms with E-state index in [9.17, 15) is 0 Å². The summed E-state index contributed by atoms with van der Waals surface area (Å²) >= 11 is 0. The Morgan fingerprint density at radius 1 is 1.89 bits per heavy atom. The van der Waals surface area contributed by atoms with E-state index in [2.05, 4.69) is 6.92 Å². The second-order valence-electron chi connectivity index (χ2n) is 2.39. The number of rotatable bonds is 1. The van der Waals surface area contributed by atoms with Crippen molar-refractivity contribution < 1.29 is 9.84 Å². The van der Waals surface area contributed by atoms with E-state index < -0.39 is 0 Å². The molecule has 0 saturated carbocycles. The van der Waals surface area contributed by atoms with Gasteiger partial charge in [-0.3, -0.25) is 0 Å². The molecule has 0 fully saturated rings. The summed E-state index contributed by atoms with van der Waals surface area (Å²) in [5.41, 5.74) is 1.32. The monoisotopic (exact) mass is 128 g/mol. The van der Waals surface area contributed by atoms with Crippen LogP contribution < -0.4 is 0 Å². The zero-order valence-electron chi connectivity index (χ0n) is 5.63. The van der Waals surface area contributed by atoms with Crippen LogP contribution in [0.25, 0.3) is 0 Å². The maximum Gasteiger partial charge on any atom is 0.0846 e. The summed E-state index contributed by atoms with van der Waals surface area (Å²) in [5, 5.41) is 8.66. The molecule has 0 amide bonds. The minimum Gasteiger partial charge on any atom is -0.394 e. The Morgan fingerprint density at radius 2 is 2.67 bits per heavy atom. The molecule has 0 aliphatic carbocycles. The van der Waals surface area contributed by atoms with Gasteiger partial charge in [0, 0.05) is 0 Å². The zero-order chi connectivity index (χ0) is 6.69. The van der Waals surface area contributed by atoms with Crippen molar-refractivity contribution in [1.29, 1.82) is 0 Å².